The van der Waals surface area contributed by atoms with Crippen LogP contribution in [0.5, 0.6) is 0 Å². The Bertz CT molecular complexity index is 598. The molecule has 2 amide bonds. The molecular weight excluding hydrogens is 296 g/mol. The molecule has 0 heterocycles. The van der Waals surface area contributed by atoms with Crippen LogP contribution < -0.4 is 10.6 Å². The Labute approximate surface area is 136 Å². The normalized spacial score (nSPS) is 11.7. The number of rotatable bonds is 5. The fraction of sp³-hybridized carbons (Fsp3) is 0.471. The summed E-state index contributed by atoms with van der Waals surface area (Å²) < 4.78 is 0. The minimum atomic E-state index is -1.08. The van der Waals surface area contributed by atoms with Crippen LogP contribution in [0.3, 0.4) is 0 Å². The molecule has 0 saturated heterocycles. The summed E-state index contributed by atoms with van der Waals surface area (Å²) in [5, 5.41) is 14.3. The molecule has 0 atom stereocenters. The van der Waals surface area contributed by atoms with Crippen LogP contribution in [0.1, 0.15) is 55.3 Å². The Morgan fingerprint density at radius 2 is 1.43 bits per heavy atom. The van der Waals surface area contributed by atoms with Gasteiger partial charge in [-0.25, -0.2) is 4.79 Å². The van der Waals surface area contributed by atoms with Crippen molar-refractivity contribution in [2.24, 2.45) is 5.41 Å². The Kier molecular flexibility index (Phi) is 5.53. The monoisotopic (exact) mass is 320 g/mol. The van der Waals surface area contributed by atoms with Gasteiger partial charge in [0.25, 0.3) is 5.91 Å². The Morgan fingerprint density at radius 1 is 0.957 bits per heavy atom. The number of nitrogens with one attached hydrogen (secondary N) is 2. The van der Waals surface area contributed by atoms with Crippen LogP contribution in [0.2, 0.25) is 0 Å². The van der Waals surface area contributed by atoms with E-state index < -0.39 is 17.4 Å². The van der Waals surface area contributed by atoms with Gasteiger partial charge in [-0.1, -0.05) is 20.8 Å². The van der Waals surface area contributed by atoms with Crippen molar-refractivity contribution in [3.8, 4) is 0 Å². The average molecular weight is 320 g/mol. The summed E-state index contributed by atoms with van der Waals surface area (Å²) in [6, 6.07) is 5.54. The zero-order valence-electron chi connectivity index (χ0n) is 14.2. The first-order chi connectivity index (χ1) is 10.4. The molecular formula is C17H24N2O4. The predicted octanol–water partition coefficient (Wildman–Crippen LogP) is 2.06. The fourth-order valence-corrected chi connectivity index (χ4v) is 1.74. The summed E-state index contributed by atoms with van der Waals surface area (Å²) in [5.41, 5.74) is -0.730. The van der Waals surface area contributed by atoms with Crippen molar-refractivity contribution in [1.29, 1.82) is 0 Å². The minimum absolute atomic E-state index is 0.0532. The van der Waals surface area contributed by atoms with Gasteiger partial charge in [0.1, 0.15) is 5.54 Å². The number of carboxylic acids is 1. The van der Waals surface area contributed by atoms with Crippen molar-refractivity contribution < 1.29 is 19.5 Å². The maximum Gasteiger partial charge on any atom is 0.335 e. The van der Waals surface area contributed by atoms with Crippen LogP contribution >= 0.6 is 0 Å². The maximum atomic E-state index is 12.2. The number of hydrogen-bond donors (Lipinski definition) is 3. The number of carboxylic acid groups (broad SMARTS) is 1. The lowest BCUT2D eigenvalue weighted by molar-refractivity contribution is -0.126. The molecule has 1 rings (SSSR count). The minimum Gasteiger partial charge on any atom is -0.478 e. The van der Waals surface area contributed by atoms with E-state index in [2.05, 4.69) is 10.6 Å². The Balaban J connectivity index is 2.74. The summed E-state index contributed by atoms with van der Waals surface area (Å²) in [6.45, 7) is 9.75. The van der Waals surface area contributed by atoms with Crippen LogP contribution in [-0.4, -0.2) is 35.0 Å². The van der Waals surface area contributed by atoms with Crippen molar-refractivity contribution in [3.63, 3.8) is 0 Å². The molecule has 0 aliphatic carbocycles. The molecule has 23 heavy (non-hydrogen) atoms. The molecule has 0 aliphatic rings. The SMILES string of the molecule is CC(C)(C)CNC(=O)C(C)(C)NC(=O)c1ccc(C(=O)O)cc1. The lowest BCUT2D eigenvalue weighted by Gasteiger charge is -2.27. The van der Waals surface area contributed by atoms with Gasteiger partial charge in [-0.3, -0.25) is 9.59 Å². The standard InChI is InChI=1S/C17H24N2O4/c1-16(2,3)10-18-15(23)17(4,5)19-13(20)11-6-8-12(9-7-11)14(21)22/h6-9H,10H2,1-5H3,(H,18,23)(H,19,20)(H,21,22). The van der Waals surface area contributed by atoms with Gasteiger partial charge in [0.2, 0.25) is 5.91 Å². The zero-order chi connectivity index (χ0) is 17.8. The molecule has 0 aromatic heterocycles. The van der Waals surface area contributed by atoms with Gasteiger partial charge in [-0.05, 0) is 43.5 Å². The smallest absolute Gasteiger partial charge is 0.335 e. The van der Waals surface area contributed by atoms with Gasteiger partial charge in [0, 0.05) is 12.1 Å². The third-order valence-electron chi connectivity index (χ3n) is 3.17. The Morgan fingerprint density at radius 3 is 1.87 bits per heavy atom. The van der Waals surface area contributed by atoms with Gasteiger partial charge < -0.3 is 15.7 Å². The van der Waals surface area contributed by atoms with Crippen LogP contribution in [-0.2, 0) is 4.79 Å². The quantitative estimate of drug-likeness (QED) is 0.774. The summed E-state index contributed by atoms with van der Waals surface area (Å²) in [6.07, 6.45) is 0. The van der Waals surface area contributed by atoms with Crippen molar-refractivity contribution >= 4 is 17.8 Å². The van der Waals surface area contributed by atoms with Crippen LogP contribution in [0, 0.1) is 5.41 Å². The summed E-state index contributed by atoms with van der Waals surface area (Å²) >= 11 is 0. The number of carbonyl (C=O) groups excluding carboxylic acids is 2. The third-order valence-corrected chi connectivity index (χ3v) is 3.17. The number of hydrogen-bond acceptors (Lipinski definition) is 3. The lowest BCUT2D eigenvalue weighted by atomic mass is 9.96. The highest BCUT2D eigenvalue weighted by atomic mass is 16.4. The molecule has 126 valence electrons. The van der Waals surface area contributed by atoms with Crippen molar-refractivity contribution in [3.05, 3.63) is 35.4 Å². The second kappa shape index (κ2) is 6.81. The molecule has 1 aromatic carbocycles. The van der Waals surface area contributed by atoms with Gasteiger partial charge >= 0.3 is 5.97 Å². The van der Waals surface area contributed by atoms with E-state index in [-0.39, 0.29) is 16.9 Å². The largest absolute Gasteiger partial charge is 0.478 e. The third kappa shape index (κ3) is 5.73. The molecule has 1 aromatic rings. The molecule has 3 N–H and O–H groups in total. The van der Waals surface area contributed by atoms with E-state index in [0.717, 1.165) is 0 Å². The molecule has 0 aliphatic heterocycles. The topological polar surface area (TPSA) is 95.5 Å². The number of carbonyl (C=O) groups is 3. The van der Waals surface area contributed by atoms with E-state index >= 15 is 0 Å². The zero-order valence-corrected chi connectivity index (χ0v) is 14.2. The highest BCUT2D eigenvalue weighted by Crippen LogP contribution is 2.12. The lowest BCUT2D eigenvalue weighted by Crippen LogP contribution is -2.55. The second-order valence-corrected chi connectivity index (χ2v) is 7.20. The number of amides is 2. The van der Waals surface area contributed by atoms with Crippen LogP contribution in [0.4, 0.5) is 0 Å². The molecule has 0 radical (unpaired) electrons. The van der Waals surface area contributed by atoms with Gasteiger partial charge in [-0.2, -0.15) is 0 Å². The summed E-state index contributed by atoms with van der Waals surface area (Å²) in [7, 11) is 0. The fourth-order valence-electron chi connectivity index (χ4n) is 1.74. The van der Waals surface area contributed by atoms with Crippen LogP contribution in [0.15, 0.2) is 24.3 Å². The van der Waals surface area contributed by atoms with Crippen molar-refractivity contribution in [1.82, 2.24) is 10.6 Å². The first kappa shape index (κ1) is 18.7. The first-order valence-corrected chi connectivity index (χ1v) is 7.36. The van der Waals surface area contributed by atoms with Gasteiger partial charge in [0.15, 0.2) is 0 Å². The molecule has 0 bridgehead atoms. The maximum absolute atomic E-state index is 12.2. The number of benzene rings is 1. The van der Waals surface area contributed by atoms with Gasteiger partial charge in [-0.15, -0.1) is 0 Å². The van der Waals surface area contributed by atoms with E-state index in [1.54, 1.807) is 13.8 Å². The Hall–Kier alpha value is -2.37. The highest BCUT2D eigenvalue weighted by Gasteiger charge is 2.30. The first-order valence-electron chi connectivity index (χ1n) is 7.36. The second-order valence-electron chi connectivity index (χ2n) is 7.20. The van der Waals surface area contributed by atoms with E-state index in [1.165, 1.54) is 24.3 Å². The predicted molar refractivity (Wildman–Crippen MR) is 87.4 cm³/mol. The van der Waals surface area contributed by atoms with E-state index in [4.69, 9.17) is 5.11 Å². The van der Waals surface area contributed by atoms with Crippen molar-refractivity contribution in [2.75, 3.05) is 6.54 Å². The molecule has 6 nitrogen and oxygen atoms in total. The molecule has 0 fully saturated rings. The van der Waals surface area contributed by atoms with E-state index in [9.17, 15) is 14.4 Å². The average Bonchev–Trinajstić information content (AvgIpc) is 2.43. The molecule has 0 saturated carbocycles. The number of aromatic carboxylic acids is 1. The molecule has 6 heteroatoms. The van der Waals surface area contributed by atoms with E-state index in [1.807, 2.05) is 20.8 Å². The van der Waals surface area contributed by atoms with Crippen LogP contribution in [0.25, 0.3) is 0 Å². The summed E-state index contributed by atoms with van der Waals surface area (Å²) in [5.74, 6) is -1.76. The van der Waals surface area contributed by atoms with Crippen molar-refractivity contribution in [2.45, 2.75) is 40.2 Å². The van der Waals surface area contributed by atoms with E-state index in [0.29, 0.717) is 12.1 Å². The molecule has 0 spiro atoms. The summed E-state index contributed by atoms with van der Waals surface area (Å²) in [4.78, 5) is 35.2. The van der Waals surface area contributed by atoms with Gasteiger partial charge in [0.05, 0.1) is 5.56 Å². The highest BCUT2D eigenvalue weighted by molar-refractivity contribution is 5.99. The molecule has 0 unspecified atom stereocenters.